The Labute approximate surface area is 77.2 Å². The average molecular weight is 181 g/mol. The number of nitrogens with zero attached hydrogens (tertiary/aromatic N) is 1. The first kappa shape index (κ1) is 9.66. The van der Waals surface area contributed by atoms with Crippen molar-refractivity contribution in [1.82, 2.24) is 4.90 Å². The third kappa shape index (κ3) is 3.82. The summed E-state index contributed by atoms with van der Waals surface area (Å²) < 4.78 is 0. The molecule has 0 aliphatic carbocycles. The minimum atomic E-state index is -1.14. The summed E-state index contributed by atoms with van der Waals surface area (Å²) >= 11 is 0. The summed E-state index contributed by atoms with van der Waals surface area (Å²) in [7, 11) is -1.14. The van der Waals surface area contributed by atoms with E-state index in [9.17, 15) is 0 Å². The number of hydrogen-bond acceptors (Lipinski definition) is 1. The molecule has 0 aromatic carbocycles. The predicted octanol–water partition coefficient (Wildman–Crippen LogP) is 2.31. The highest BCUT2D eigenvalue weighted by atomic mass is 28.3. The fourth-order valence-corrected chi connectivity index (χ4v) is 1.75. The van der Waals surface area contributed by atoms with Gasteiger partial charge < -0.3 is 4.90 Å². The molecule has 0 bridgehead atoms. The van der Waals surface area contributed by atoms with E-state index in [1.54, 1.807) is 0 Å². The highest BCUT2D eigenvalue weighted by molar-refractivity contribution is 6.83. The van der Waals surface area contributed by atoms with Crippen molar-refractivity contribution in [3.8, 4) is 11.6 Å². The third-order valence-electron chi connectivity index (χ3n) is 1.95. The summed E-state index contributed by atoms with van der Waals surface area (Å²) in [5, 5.41) is 0. The molecule has 1 aliphatic heterocycles. The van der Waals surface area contributed by atoms with Gasteiger partial charge in [0.25, 0.3) is 0 Å². The van der Waals surface area contributed by atoms with Crippen molar-refractivity contribution in [3.05, 3.63) is 0 Å². The van der Waals surface area contributed by atoms with E-state index in [-0.39, 0.29) is 0 Å². The van der Waals surface area contributed by atoms with Crippen LogP contribution in [0.15, 0.2) is 0 Å². The minimum Gasteiger partial charge on any atom is -0.333 e. The van der Waals surface area contributed by atoms with Crippen LogP contribution in [0.25, 0.3) is 0 Å². The van der Waals surface area contributed by atoms with Crippen molar-refractivity contribution in [1.29, 1.82) is 0 Å². The molecule has 0 aromatic rings. The van der Waals surface area contributed by atoms with Crippen LogP contribution >= 0.6 is 0 Å². The van der Waals surface area contributed by atoms with Gasteiger partial charge in [0.05, 0.1) is 0 Å². The van der Waals surface area contributed by atoms with Crippen molar-refractivity contribution >= 4 is 8.07 Å². The van der Waals surface area contributed by atoms with Gasteiger partial charge in [-0.25, -0.2) is 0 Å². The lowest BCUT2D eigenvalue weighted by Gasteiger charge is -2.22. The molecule has 0 atom stereocenters. The fourth-order valence-electron chi connectivity index (χ4n) is 1.25. The predicted molar refractivity (Wildman–Crippen MR) is 56.5 cm³/mol. The number of likely N-dealkylation sites (tertiary alicyclic amines) is 1. The van der Waals surface area contributed by atoms with Gasteiger partial charge in [0.1, 0.15) is 8.07 Å². The molecule has 68 valence electrons. The molecule has 0 radical (unpaired) electrons. The Morgan fingerprint density at radius 2 is 1.58 bits per heavy atom. The first-order valence-corrected chi connectivity index (χ1v) is 8.36. The van der Waals surface area contributed by atoms with E-state index in [2.05, 4.69) is 36.1 Å². The number of piperidine rings is 1. The fraction of sp³-hybridized carbons (Fsp3) is 0.800. The molecular weight excluding hydrogens is 162 g/mol. The lowest BCUT2D eigenvalue weighted by Crippen LogP contribution is -2.26. The zero-order valence-corrected chi connectivity index (χ0v) is 9.48. The van der Waals surface area contributed by atoms with Crippen LogP contribution in [-0.2, 0) is 0 Å². The maximum Gasteiger partial charge on any atom is 0.131 e. The van der Waals surface area contributed by atoms with E-state index >= 15 is 0 Å². The molecule has 1 aliphatic rings. The van der Waals surface area contributed by atoms with Crippen LogP contribution in [0.3, 0.4) is 0 Å². The summed E-state index contributed by atoms with van der Waals surface area (Å²) in [5.74, 6) is 0. The van der Waals surface area contributed by atoms with E-state index < -0.39 is 8.07 Å². The van der Waals surface area contributed by atoms with E-state index in [4.69, 9.17) is 0 Å². The third-order valence-corrected chi connectivity index (χ3v) is 2.81. The lowest BCUT2D eigenvalue weighted by molar-refractivity contribution is 0.327. The molecule has 0 N–H and O–H groups in total. The molecule has 1 rings (SSSR count). The zero-order valence-electron chi connectivity index (χ0n) is 8.48. The second-order valence-corrected chi connectivity index (χ2v) is 9.28. The highest BCUT2D eigenvalue weighted by Crippen LogP contribution is 2.07. The Balaban J connectivity index is 2.41. The van der Waals surface area contributed by atoms with Crippen molar-refractivity contribution in [2.45, 2.75) is 38.9 Å². The van der Waals surface area contributed by atoms with Crippen LogP contribution in [0.1, 0.15) is 19.3 Å². The summed E-state index contributed by atoms with van der Waals surface area (Å²) in [6.07, 6.45) is 4.06. The molecule has 0 aromatic heterocycles. The molecule has 1 saturated heterocycles. The second kappa shape index (κ2) is 4.00. The SMILES string of the molecule is C[Si](C)(C)C#CN1CCCCC1. The van der Waals surface area contributed by atoms with Crippen LogP contribution in [0, 0.1) is 11.6 Å². The van der Waals surface area contributed by atoms with Gasteiger partial charge in [-0.3, -0.25) is 0 Å². The highest BCUT2D eigenvalue weighted by Gasteiger charge is 2.10. The molecule has 12 heavy (non-hydrogen) atoms. The van der Waals surface area contributed by atoms with E-state index in [0.717, 1.165) is 0 Å². The van der Waals surface area contributed by atoms with Crippen molar-refractivity contribution < 1.29 is 0 Å². The monoisotopic (exact) mass is 181 g/mol. The van der Waals surface area contributed by atoms with Gasteiger partial charge in [-0.1, -0.05) is 19.6 Å². The van der Waals surface area contributed by atoms with Crippen molar-refractivity contribution in [3.63, 3.8) is 0 Å². The van der Waals surface area contributed by atoms with Crippen molar-refractivity contribution in [2.24, 2.45) is 0 Å². The summed E-state index contributed by atoms with van der Waals surface area (Å²) in [6.45, 7) is 9.27. The smallest absolute Gasteiger partial charge is 0.131 e. The van der Waals surface area contributed by atoms with Crippen LogP contribution in [0.5, 0.6) is 0 Å². The summed E-state index contributed by atoms with van der Waals surface area (Å²) in [5.41, 5.74) is 3.41. The molecule has 0 saturated carbocycles. The Kier molecular flexibility index (Phi) is 3.22. The molecule has 1 nitrogen and oxygen atoms in total. The lowest BCUT2D eigenvalue weighted by atomic mass is 10.1. The maximum absolute atomic E-state index is 3.41. The Hall–Kier alpha value is -0.423. The second-order valence-electron chi connectivity index (χ2n) is 4.53. The average Bonchev–Trinajstić information content (AvgIpc) is 2.02. The molecular formula is C10H19NSi. The Morgan fingerprint density at radius 1 is 1.00 bits per heavy atom. The summed E-state index contributed by atoms with van der Waals surface area (Å²) in [6, 6.07) is 3.31. The van der Waals surface area contributed by atoms with Crippen LogP contribution < -0.4 is 0 Å². The van der Waals surface area contributed by atoms with E-state index in [1.807, 2.05) is 0 Å². The van der Waals surface area contributed by atoms with Crippen LogP contribution in [0.2, 0.25) is 19.6 Å². The van der Waals surface area contributed by atoms with Crippen LogP contribution in [-0.4, -0.2) is 26.1 Å². The topological polar surface area (TPSA) is 3.24 Å². The molecule has 0 spiro atoms. The number of hydrogen-bond donors (Lipinski definition) is 0. The standard InChI is InChI=1S/C10H19NSi/c1-12(2,3)10-9-11-7-5-4-6-8-11/h4-8H2,1-3H3. The van der Waals surface area contributed by atoms with Gasteiger partial charge in [0.2, 0.25) is 0 Å². The largest absolute Gasteiger partial charge is 0.333 e. The van der Waals surface area contributed by atoms with Gasteiger partial charge in [-0.2, -0.15) is 0 Å². The minimum absolute atomic E-state index is 1.14. The Bertz CT molecular complexity index is 188. The van der Waals surface area contributed by atoms with Gasteiger partial charge in [0, 0.05) is 13.1 Å². The maximum atomic E-state index is 3.41. The summed E-state index contributed by atoms with van der Waals surface area (Å²) in [4.78, 5) is 2.29. The van der Waals surface area contributed by atoms with Gasteiger partial charge in [-0.15, -0.1) is 5.54 Å². The van der Waals surface area contributed by atoms with Crippen LogP contribution in [0.4, 0.5) is 0 Å². The van der Waals surface area contributed by atoms with E-state index in [1.165, 1.54) is 32.4 Å². The zero-order chi connectivity index (χ0) is 9.03. The molecule has 1 heterocycles. The first-order valence-electron chi connectivity index (χ1n) is 4.86. The molecule has 0 amide bonds. The first-order chi connectivity index (χ1) is 5.58. The van der Waals surface area contributed by atoms with Crippen molar-refractivity contribution in [2.75, 3.05) is 13.1 Å². The number of rotatable bonds is 0. The molecule has 2 heteroatoms. The van der Waals surface area contributed by atoms with Gasteiger partial charge in [-0.05, 0) is 25.3 Å². The quantitative estimate of drug-likeness (QED) is 0.409. The van der Waals surface area contributed by atoms with E-state index in [0.29, 0.717) is 0 Å². The normalized spacial score (nSPS) is 18.4. The molecule has 0 unspecified atom stereocenters. The van der Waals surface area contributed by atoms with Gasteiger partial charge >= 0.3 is 0 Å². The Morgan fingerprint density at radius 3 is 2.08 bits per heavy atom. The van der Waals surface area contributed by atoms with Gasteiger partial charge in [0.15, 0.2) is 0 Å². The molecule has 1 fully saturated rings.